The predicted molar refractivity (Wildman–Crippen MR) is 82.3 cm³/mol. The van der Waals surface area contributed by atoms with E-state index in [1.807, 2.05) is 0 Å². The van der Waals surface area contributed by atoms with E-state index in [0.717, 1.165) is 6.07 Å². The van der Waals surface area contributed by atoms with E-state index in [0.29, 0.717) is 17.0 Å². The first-order valence-corrected chi connectivity index (χ1v) is 8.39. The highest BCUT2D eigenvalue weighted by Gasteiger charge is 2.24. The molecule has 8 heteroatoms. The molecule has 2 aromatic rings. The highest BCUT2D eigenvalue weighted by atomic mass is 79.9. The van der Waals surface area contributed by atoms with Crippen molar-refractivity contribution in [2.24, 2.45) is 7.05 Å². The standard InChI is InChI=1S/C13H15BrFN3O2S/c1-7-5-10(14)11(15)6-12(7)17-21(19,20)13-8(2)16-18(4)9(13)3/h5-6,17H,1-4H3. The minimum absolute atomic E-state index is 0.118. The van der Waals surface area contributed by atoms with Crippen molar-refractivity contribution in [2.75, 3.05) is 4.72 Å². The van der Waals surface area contributed by atoms with Crippen LogP contribution in [0.4, 0.5) is 10.1 Å². The smallest absolute Gasteiger partial charge is 0.265 e. The van der Waals surface area contributed by atoms with E-state index >= 15 is 0 Å². The highest BCUT2D eigenvalue weighted by Crippen LogP contribution is 2.27. The van der Waals surface area contributed by atoms with Crippen molar-refractivity contribution < 1.29 is 12.8 Å². The Kier molecular flexibility index (Phi) is 4.12. The number of sulfonamides is 1. The summed E-state index contributed by atoms with van der Waals surface area (Å²) in [6.45, 7) is 4.99. The maximum atomic E-state index is 13.6. The number of rotatable bonds is 3. The van der Waals surface area contributed by atoms with Gasteiger partial charge in [-0.15, -0.1) is 0 Å². The van der Waals surface area contributed by atoms with Crippen LogP contribution < -0.4 is 4.72 Å². The van der Waals surface area contributed by atoms with Gasteiger partial charge < -0.3 is 0 Å². The van der Waals surface area contributed by atoms with Crippen molar-refractivity contribution in [3.8, 4) is 0 Å². The Morgan fingerprint density at radius 3 is 2.43 bits per heavy atom. The minimum atomic E-state index is -3.82. The lowest BCUT2D eigenvalue weighted by molar-refractivity contribution is 0.599. The summed E-state index contributed by atoms with van der Waals surface area (Å²) in [7, 11) is -2.15. The van der Waals surface area contributed by atoms with Gasteiger partial charge in [0.1, 0.15) is 10.7 Å². The Morgan fingerprint density at radius 2 is 1.90 bits per heavy atom. The molecule has 2 rings (SSSR count). The summed E-state index contributed by atoms with van der Waals surface area (Å²) < 4.78 is 42.8. The van der Waals surface area contributed by atoms with E-state index in [1.165, 1.54) is 10.7 Å². The Hall–Kier alpha value is -1.41. The second-order valence-electron chi connectivity index (χ2n) is 4.81. The van der Waals surface area contributed by atoms with Crippen molar-refractivity contribution in [3.63, 3.8) is 0 Å². The fraction of sp³-hybridized carbons (Fsp3) is 0.308. The van der Waals surface area contributed by atoms with Gasteiger partial charge in [0.25, 0.3) is 10.0 Å². The first-order valence-electron chi connectivity index (χ1n) is 6.12. The van der Waals surface area contributed by atoms with E-state index in [4.69, 9.17) is 0 Å². The SMILES string of the molecule is Cc1cc(Br)c(F)cc1NS(=O)(=O)c1c(C)nn(C)c1C. The summed E-state index contributed by atoms with van der Waals surface area (Å²) in [5, 5.41) is 4.09. The Balaban J connectivity index is 2.50. The summed E-state index contributed by atoms with van der Waals surface area (Å²) in [5.74, 6) is -0.530. The van der Waals surface area contributed by atoms with Gasteiger partial charge in [0.05, 0.1) is 21.5 Å². The van der Waals surface area contributed by atoms with Gasteiger partial charge >= 0.3 is 0 Å². The van der Waals surface area contributed by atoms with Crippen LogP contribution in [0.5, 0.6) is 0 Å². The van der Waals surface area contributed by atoms with Gasteiger partial charge in [-0.3, -0.25) is 9.40 Å². The van der Waals surface area contributed by atoms with E-state index in [9.17, 15) is 12.8 Å². The van der Waals surface area contributed by atoms with Crippen LogP contribution in [-0.4, -0.2) is 18.2 Å². The van der Waals surface area contributed by atoms with Gasteiger partial charge in [0.2, 0.25) is 0 Å². The first-order chi connectivity index (χ1) is 9.63. The molecule has 1 heterocycles. The third kappa shape index (κ3) is 2.96. The molecule has 1 aromatic carbocycles. The van der Waals surface area contributed by atoms with Crippen LogP contribution in [0.25, 0.3) is 0 Å². The van der Waals surface area contributed by atoms with Crippen molar-refractivity contribution in [1.82, 2.24) is 9.78 Å². The molecule has 114 valence electrons. The molecule has 21 heavy (non-hydrogen) atoms. The third-order valence-corrected chi connectivity index (χ3v) is 5.45. The average molecular weight is 376 g/mol. The van der Waals surface area contributed by atoms with Gasteiger partial charge in [0, 0.05) is 7.05 Å². The number of aryl methyl sites for hydroxylation is 3. The van der Waals surface area contributed by atoms with E-state index in [2.05, 4.69) is 25.8 Å². The molecular formula is C13H15BrFN3O2S. The average Bonchev–Trinajstić information content (AvgIpc) is 2.60. The van der Waals surface area contributed by atoms with E-state index in [1.54, 1.807) is 27.8 Å². The number of nitrogens with one attached hydrogen (secondary N) is 1. The number of hydrogen-bond donors (Lipinski definition) is 1. The third-order valence-electron chi connectivity index (χ3n) is 3.22. The Morgan fingerprint density at radius 1 is 1.29 bits per heavy atom. The summed E-state index contributed by atoms with van der Waals surface area (Å²) in [6.07, 6.45) is 0. The fourth-order valence-corrected chi connectivity index (χ4v) is 4.12. The lowest BCUT2D eigenvalue weighted by atomic mass is 10.2. The zero-order chi connectivity index (χ0) is 15.9. The number of nitrogens with zero attached hydrogens (tertiary/aromatic N) is 2. The second-order valence-corrected chi connectivity index (χ2v) is 7.28. The monoisotopic (exact) mass is 375 g/mol. The van der Waals surface area contributed by atoms with E-state index in [-0.39, 0.29) is 15.1 Å². The number of anilines is 1. The molecule has 0 radical (unpaired) electrons. The van der Waals surface area contributed by atoms with Crippen LogP contribution in [0.2, 0.25) is 0 Å². The molecule has 0 aliphatic heterocycles. The Labute approximate surface area is 131 Å². The summed E-state index contributed by atoms with van der Waals surface area (Å²) >= 11 is 3.07. The van der Waals surface area contributed by atoms with Gasteiger partial charge in [-0.05, 0) is 54.4 Å². The number of benzene rings is 1. The van der Waals surface area contributed by atoms with Crippen LogP contribution in [0.1, 0.15) is 17.0 Å². The first kappa shape index (κ1) is 16.0. The van der Waals surface area contributed by atoms with Crippen molar-refractivity contribution in [3.05, 3.63) is 39.4 Å². The topological polar surface area (TPSA) is 64.0 Å². The van der Waals surface area contributed by atoms with Crippen LogP contribution in [0, 0.1) is 26.6 Å². The van der Waals surface area contributed by atoms with Gasteiger partial charge in [-0.25, -0.2) is 12.8 Å². The molecule has 1 aromatic heterocycles. The molecule has 0 unspecified atom stereocenters. The number of halogens is 2. The minimum Gasteiger partial charge on any atom is -0.279 e. The quantitative estimate of drug-likeness (QED) is 0.896. The largest absolute Gasteiger partial charge is 0.279 e. The molecule has 0 amide bonds. The molecule has 0 bridgehead atoms. The second kappa shape index (κ2) is 5.42. The lowest BCUT2D eigenvalue weighted by Crippen LogP contribution is -2.16. The maximum Gasteiger partial charge on any atom is 0.265 e. The number of aromatic nitrogens is 2. The van der Waals surface area contributed by atoms with Crippen LogP contribution >= 0.6 is 15.9 Å². The molecule has 5 nitrogen and oxygen atoms in total. The van der Waals surface area contributed by atoms with Gasteiger partial charge in [-0.2, -0.15) is 5.10 Å². The van der Waals surface area contributed by atoms with Gasteiger partial charge in [-0.1, -0.05) is 0 Å². The van der Waals surface area contributed by atoms with Crippen molar-refractivity contribution >= 4 is 31.6 Å². The molecular weight excluding hydrogens is 361 g/mol. The van der Waals surface area contributed by atoms with Crippen LogP contribution in [-0.2, 0) is 17.1 Å². The highest BCUT2D eigenvalue weighted by molar-refractivity contribution is 9.10. The predicted octanol–water partition coefficient (Wildman–Crippen LogP) is 3.05. The van der Waals surface area contributed by atoms with Crippen molar-refractivity contribution in [1.29, 1.82) is 0 Å². The maximum absolute atomic E-state index is 13.6. The van der Waals surface area contributed by atoms with Gasteiger partial charge in [0.15, 0.2) is 0 Å². The number of hydrogen-bond acceptors (Lipinski definition) is 3. The summed E-state index contributed by atoms with van der Waals surface area (Å²) in [6, 6.07) is 2.67. The summed E-state index contributed by atoms with van der Waals surface area (Å²) in [5.41, 5.74) is 1.75. The zero-order valence-electron chi connectivity index (χ0n) is 12.0. The molecule has 0 aliphatic rings. The zero-order valence-corrected chi connectivity index (χ0v) is 14.4. The normalized spacial score (nSPS) is 11.7. The van der Waals surface area contributed by atoms with E-state index < -0.39 is 15.8 Å². The molecule has 0 saturated carbocycles. The molecule has 0 aliphatic carbocycles. The fourth-order valence-electron chi connectivity index (χ4n) is 2.10. The molecule has 0 atom stereocenters. The summed E-state index contributed by atoms with van der Waals surface area (Å²) in [4.78, 5) is 0.118. The van der Waals surface area contributed by atoms with Crippen molar-refractivity contribution in [2.45, 2.75) is 25.7 Å². The van der Waals surface area contributed by atoms with Crippen LogP contribution in [0.15, 0.2) is 21.5 Å². The molecule has 0 saturated heterocycles. The lowest BCUT2D eigenvalue weighted by Gasteiger charge is -2.11. The Bertz CT molecular complexity index is 815. The molecule has 1 N–H and O–H groups in total. The molecule has 0 spiro atoms. The van der Waals surface area contributed by atoms with Crippen LogP contribution in [0.3, 0.4) is 0 Å². The molecule has 0 fully saturated rings.